The van der Waals surface area contributed by atoms with Crippen molar-refractivity contribution in [2.24, 2.45) is 0 Å². The monoisotopic (exact) mass is 492 g/mol. The third-order valence-electron chi connectivity index (χ3n) is 4.61. The Morgan fingerprint density at radius 3 is 2.53 bits per heavy atom. The highest BCUT2D eigenvalue weighted by Crippen LogP contribution is 2.19. The molecule has 0 saturated heterocycles. The van der Waals surface area contributed by atoms with Gasteiger partial charge in [0.25, 0.3) is 0 Å². The molecule has 0 radical (unpaired) electrons. The first kappa shape index (κ1) is 24.3. The van der Waals surface area contributed by atoms with Crippen molar-refractivity contribution in [1.29, 1.82) is 0 Å². The van der Waals surface area contributed by atoms with E-state index in [0.717, 1.165) is 33.5 Å². The van der Waals surface area contributed by atoms with E-state index < -0.39 is 6.04 Å². The minimum atomic E-state index is -0.537. The van der Waals surface area contributed by atoms with Crippen molar-refractivity contribution >= 4 is 39.5 Å². The Hall–Kier alpha value is -1.99. The van der Waals surface area contributed by atoms with E-state index in [1.54, 1.807) is 30.7 Å². The third-order valence-corrected chi connectivity index (χ3v) is 6.09. The number of benzene rings is 2. The lowest BCUT2D eigenvalue weighted by molar-refractivity contribution is -0.138. The average molecular weight is 493 g/mol. The molecule has 0 fully saturated rings. The summed E-state index contributed by atoms with van der Waals surface area (Å²) < 4.78 is 6.12. The third kappa shape index (κ3) is 7.69. The van der Waals surface area contributed by atoms with Gasteiger partial charge in [0, 0.05) is 23.3 Å². The number of rotatable bonds is 11. The SMILES string of the molecule is CCCNC(=O)C(C)N(Cc1cccc(Br)c1)C(=O)CSCc1ccc(OC)cc1. The van der Waals surface area contributed by atoms with Crippen LogP contribution < -0.4 is 10.1 Å². The minimum Gasteiger partial charge on any atom is -0.497 e. The zero-order chi connectivity index (χ0) is 21.9. The summed E-state index contributed by atoms with van der Waals surface area (Å²) in [5.74, 6) is 1.67. The molecule has 7 heteroatoms. The van der Waals surface area contributed by atoms with Crippen molar-refractivity contribution in [3.05, 3.63) is 64.1 Å². The highest BCUT2D eigenvalue weighted by molar-refractivity contribution is 9.10. The smallest absolute Gasteiger partial charge is 0.242 e. The highest BCUT2D eigenvalue weighted by Gasteiger charge is 2.25. The fourth-order valence-electron chi connectivity index (χ4n) is 2.87. The summed E-state index contributed by atoms with van der Waals surface area (Å²) in [6, 6.07) is 15.1. The number of nitrogens with one attached hydrogen (secondary N) is 1. The van der Waals surface area contributed by atoms with Crippen LogP contribution in [0.3, 0.4) is 0 Å². The summed E-state index contributed by atoms with van der Waals surface area (Å²) in [6.07, 6.45) is 0.857. The van der Waals surface area contributed by atoms with Gasteiger partial charge >= 0.3 is 0 Å². The van der Waals surface area contributed by atoms with Crippen LogP contribution in [0, 0.1) is 0 Å². The Kier molecular flexibility index (Phi) is 10.2. The summed E-state index contributed by atoms with van der Waals surface area (Å²) in [7, 11) is 1.64. The average Bonchev–Trinajstić information content (AvgIpc) is 2.75. The minimum absolute atomic E-state index is 0.0485. The number of amides is 2. The topological polar surface area (TPSA) is 58.6 Å². The van der Waals surface area contributed by atoms with E-state index in [-0.39, 0.29) is 11.8 Å². The number of hydrogen-bond donors (Lipinski definition) is 1. The Morgan fingerprint density at radius 2 is 1.90 bits per heavy atom. The molecule has 0 aromatic heterocycles. The molecule has 0 heterocycles. The van der Waals surface area contributed by atoms with E-state index in [0.29, 0.717) is 18.8 Å². The number of thioether (sulfide) groups is 1. The molecule has 2 amide bonds. The van der Waals surface area contributed by atoms with Crippen LogP contribution in [-0.2, 0) is 21.9 Å². The Morgan fingerprint density at radius 1 is 1.17 bits per heavy atom. The van der Waals surface area contributed by atoms with Gasteiger partial charge < -0.3 is 15.0 Å². The van der Waals surface area contributed by atoms with Crippen LogP contribution in [0.4, 0.5) is 0 Å². The van der Waals surface area contributed by atoms with Crippen molar-refractivity contribution in [3.63, 3.8) is 0 Å². The molecule has 2 rings (SSSR count). The second-order valence-corrected chi connectivity index (χ2v) is 8.86. The fourth-order valence-corrected chi connectivity index (χ4v) is 4.19. The number of hydrogen-bond acceptors (Lipinski definition) is 4. The zero-order valence-corrected chi connectivity index (χ0v) is 20.1. The quantitative estimate of drug-likeness (QED) is 0.496. The van der Waals surface area contributed by atoms with Crippen LogP contribution in [0.15, 0.2) is 53.0 Å². The molecule has 30 heavy (non-hydrogen) atoms. The highest BCUT2D eigenvalue weighted by atomic mass is 79.9. The van der Waals surface area contributed by atoms with E-state index in [9.17, 15) is 9.59 Å². The van der Waals surface area contributed by atoms with Gasteiger partial charge in [0.2, 0.25) is 11.8 Å². The molecule has 0 spiro atoms. The van der Waals surface area contributed by atoms with Crippen molar-refractivity contribution < 1.29 is 14.3 Å². The van der Waals surface area contributed by atoms with Gasteiger partial charge in [-0.2, -0.15) is 0 Å². The molecule has 0 saturated carbocycles. The number of methoxy groups -OCH3 is 1. The molecular weight excluding hydrogens is 464 g/mol. The van der Waals surface area contributed by atoms with Crippen LogP contribution in [0.1, 0.15) is 31.4 Å². The number of carbonyl (C=O) groups is 2. The molecule has 0 aliphatic carbocycles. The van der Waals surface area contributed by atoms with Crippen molar-refractivity contribution in [1.82, 2.24) is 10.2 Å². The van der Waals surface area contributed by atoms with Gasteiger partial charge in [0.05, 0.1) is 12.9 Å². The molecule has 5 nitrogen and oxygen atoms in total. The second-order valence-electron chi connectivity index (χ2n) is 6.96. The van der Waals surface area contributed by atoms with Crippen molar-refractivity contribution in [2.75, 3.05) is 19.4 Å². The van der Waals surface area contributed by atoms with Gasteiger partial charge in [0.15, 0.2) is 0 Å². The molecule has 1 unspecified atom stereocenters. The van der Waals surface area contributed by atoms with Gasteiger partial charge in [-0.15, -0.1) is 11.8 Å². The molecule has 1 N–H and O–H groups in total. The van der Waals surface area contributed by atoms with E-state index >= 15 is 0 Å². The summed E-state index contributed by atoms with van der Waals surface area (Å²) in [6.45, 7) is 4.79. The molecule has 0 aliphatic heterocycles. The van der Waals surface area contributed by atoms with Crippen LogP contribution in [0.25, 0.3) is 0 Å². The van der Waals surface area contributed by atoms with Gasteiger partial charge in [-0.3, -0.25) is 9.59 Å². The molecule has 0 aliphatic rings. The lowest BCUT2D eigenvalue weighted by Crippen LogP contribution is -2.48. The second kappa shape index (κ2) is 12.6. The van der Waals surface area contributed by atoms with E-state index in [4.69, 9.17) is 4.74 Å². The van der Waals surface area contributed by atoms with E-state index in [2.05, 4.69) is 21.2 Å². The van der Waals surface area contributed by atoms with E-state index in [1.165, 1.54) is 0 Å². The van der Waals surface area contributed by atoms with E-state index in [1.807, 2.05) is 55.5 Å². The Bertz CT molecular complexity index is 829. The molecule has 2 aromatic rings. The van der Waals surface area contributed by atoms with Gasteiger partial charge in [-0.25, -0.2) is 0 Å². The van der Waals surface area contributed by atoms with Crippen LogP contribution in [0.2, 0.25) is 0 Å². The molecule has 2 aromatic carbocycles. The lowest BCUT2D eigenvalue weighted by Gasteiger charge is -2.29. The summed E-state index contributed by atoms with van der Waals surface area (Å²) in [5, 5.41) is 2.90. The molecule has 1 atom stereocenters. The predicted octanol–water partition coefficient (Wildman–Crippen LogP) is 4.63. The Labute approximate surface area is 191 Å². The predicted molar refractivity (Wildman–Crippen MR) is 127 cm³/mol. The van der Waals surface area contributed by atoms with Crippen LogP contribution in [-0.4, -0.2) is 42.2 Å². The normalized spacial score (nSPS) is 11.6. The number of nitrogens with zero attached hydrogens (tertiary/aromatic N) is 1. The molecular formula is C23H29BrN2O3S. The first-order valence-electron chi connectivity index (χ1n) is 9.97. The number of carbonyl (C=O) groups excluding carboxylic acids is 2. The number of halogens is 1. The van der Waals surface area contributed by atoms with Gasteiger partial charge in [-0.1, -0.05) is 47.1 Å². The largest absolute Gasteiger partial charge is 0.497 e. The Balaban J connectivity index is 2.03. The van der Waals surface area contributed by atoms with Gasteiger partial charge in [-0.05, 0) is 48.7 Å². The fraction of sp³-hybridized carbons (Fsp3) is 0.391. The molecule has 0 bridgehead atoms. The van der Waals surface area contributed by atoms with Gasteiger partial charge in [0.1, 0.15) is 11.8 Å². The maximum Gasteiger partial charge on any atom is 0.242 e. The lowest BCUT2D eigenvalue weighted by atomic mass is 10.1. The standard InChI is InChI=1S/C23H29BrN2O3S/c1-4-12-25-23(28)17(2)26(14-19-6-5-7-20(24)13-19)22(27)16-30-15-18-8-10-21(29-3)11-9-18/h5-11,13,17H,4,12,14-16H2,1-3H3,(H,25,28). The van der Waals surface area contributed by atoms with Crippen molar-refractivity contribution in [2.45, 2.75) is 38.6 Å². The maximum atomic E-state index is 13.0. The summed E-state index contributed by atoms with van der Waals surface area (Å²) in [5.41, 5.74) is 2.11. The number of ether oxygens (including phenoxy) is 1. The first-order chi connectivity index (χ1) is 14.4. The first-order valence-corrected chi connectivity index (χ1v) is 11.9. The zero-order valence-electron chi connectivity index (χ0n) is 17.7. The van der Waals surface area contributed by atoms with Crippen molar-refractivity contribution in [3.8, 4) is 5.75 Å². The van der Waals surface area contributed by atoms with Crippen LogP contribution >= 0.6 is 27.7 Å². The maximum absolute atomic E-state index is 13.0. The summed E-state index contributed by atoms with van der Waals surface area (Å²) in [4.78, 5) is 27.2. The summed E-state index contributed by atoms with van der Waals surface area (Å²) >= 11 is 5.02. The van der Waals surface area contributed by atoms with Crippen LogP contribution in [0.5, 0.6) is 5.75 Å². The molecule has 162 valence electrons.